The number of hydrogen-bond acceptors (Lipinski definition) is 5. The Morgan fingerprint density at radius 2 is 2.15 bits per heavy atom. The highest BCUT2D eigenvalue weighted by atomic mass is 32.1. The third-order valence-electron chi connectivity index (χ3n) is 3.86. The first-order valence-corrected chi connectivity index (χ1v) is 8.65. The van der Waals surface area contributed by atoms with Crippen molar-refractivity contribution in [3.63, 3.8) is 0 Å². The van der Waals surface area contributed by atoms with Crippen LogP contribution in [-0.4, -0.2) is 30.6 Å². The third kappa shape index (κ3) is 4.35. The quantitative estimate of drug-likeness (QED) is 0.827. The second-order valence-corrected chi connectivity index (χ2v) is 6.79. The summed E-state index contributed by atoms with van der Waals surface area (Å²) in [7, 11) is 0. The number of halogens is 3. The topological polar surface area (TPSA) is 67.8 Å². The van der Waals surface area contributed by atoms with E-state index in [-0.39, 0.29) is 5.56 Å². The molecule has 1 amide bonds. The zero-order valence-corrected chi connectivity index (χ0v) is 14.3. The van der Waals surface area contributed by atoms with Crippen molar-refractivity contribution in [1.82, 2.24) is 5.32 Å². The summed E-state index contributed by atoms with van der Waals surface area (Å²) in [6, 6.07) is 6.08. The van der Waals surface area contributed by atoms with Crippen LogP contribution in [-0.2, 0) is 17.8 Å². The molecule has 1 aliphatic rings. The van der Waals surface area contributed by atoms with Gasteiger partial charge in [-0.05, 0) is 17.7 Å². The Hall–Kier alpha value is -2.10. The Labute approximate surface area is 151 Å². The number of rotatable bonds is 5. The maximum Gasteiger partial charge on any atom is 0.573 e. The molecule has 5 nitrogen and oxygen atoms in total. The van der Waals surface area contributed by atoms with Gasteiger partial charge in [-0.15, -0.1) is 24.5 Å². The lowest BCUT2D eigenvalue weighted by molar-refractivity contribution is -0.275. The minimum atomic E-state index is -4.87. The average Bonchev–Trinajstić information content (AvgIpc) is 3.03. The Morgan fingerprint density at radius 1 is 1.38 bits per heavy atom. The van der Waals surface area contributed by atoms with Gasteiger partial charge in [0, 0.05) is 16.9 Å². The van der Waals surface area contributed by atoms with E-state index < -0.39 is 30.7 Å². The Kier molecular flexibility index (Phi) is 5.49. The highest BCUT2D eigenvalue weighted by molar-refractivity contribution is 7.14. The van der Waals surface area contributed by atoms with Crippen molar-refractivity contribution in [1.29, 1.82) is 0 Å². The number of alkyl halides is 3. The van der Waals surface area contributed by atoms with Crippen LogP contribution in [0.5, 0.6) is 5.75 Å². The van der Waals surface area contributed by atoms with Gasteiger partial charge in [-0.3, -0.25) is 4.79 Å². The summed E-state index contributed by atoms with van der Waals surface area (Å²) in [6.45, 7) is 0.457. The monoisotopic (exact) mass is 387 g/mol. The SMILES string of the molecule is O=C(NC(CO)c1ccccc1OC(F)(F)F)c1cc2c(s1)CCOC2. The maximum absolute atomic E-state index is 12.6. The molecule has 0 radical (unpaired) electrons. The molecule has 2 heterocycles. The Bertz CT molecular complexity index is 767. The van der Waals surface area contributed by atoms with E-state index >= 15 is 0 Å². The van der Waals surface area contributed by atoms with Gasteiger partial charge in [0.2, 0.25) is 0 Å². The van der Waals surface area contributed by atoms with Crippen LogP contribution in [0.15, 0.2) is 30.3 Å². The molecule has 1 aliphatic heterocycles. The van der Waals surface area contributed by atoms with Crippen molar-refractivity contribution >= 4 is 17.2 Å². The maximum atomic E-state index is 12.6. The first kappa shape index (κ1) is 18.7. The van der Waals surface area contributed by atoms with Crippen molar-refractivity contribution in [3.8, 4) is 5.75 Å². The lowest BCUT2D eigenvalue weighted by Gasteiger charge is -2.20. The van der Waals surface area contributed by atoms with Crippen LogP contribution in [0.25, 0.3) is 0 Å². The minimum Gasteiger partial charge on any atom is -0.405 e. The number of amides is 1. The molecular formula is C17H16F3NO4S. The standard InChI is InChI=1S/C17H16F3NO4S/c18-17(19,20)25-13-4-2-1-3-11(13)12(8-22)21-16(23)15-7-10-9-24-6-5-14(10)26-15/h1-4,7,12,22H,5-6,8-9H2,(H,21,23). The number of para-hydroxylation sites is 1. The first-order valence-electron chi connectivity index (χ1n) is 7.83. The molecule has 0 fully saturated rings. The predicted octanol–water partition coefficient (Wildman–Crippen LogP) is 3.18. The molecule has 0 bridgehead atoms. The van der Waals surface area contributed by atoms with Crippen LogP contribution < -0.4 is 10.1 Å². The number of benzene rings is 1. The summed E-state index contributed by atoms with van der Waals surface area (Å²) in [5, 5.41) is 12.2. The molecule has 26 heavy (non-hydrogen) atoms. The van der Waals surface area contributed by atoms with E-state index in [9.17, 15) is 23.1 Å². The molecule has 1 aromatic heterocycles. The van der Waals surface area contributed by atoms with Crippen molar-refractivity contribution in [2.45, 2.75) is 25.4 Å². The normalized spacial score (nSPS) is 15.2. The number of carbonyl (C=O) groups excluding carboxylic acids is 1. The van der Waals surface area contributed by atoms with E-state index in [2.05, 4.69) is 10.1 Å². The molecular weight excluding hydrogens is 371 g/mol. The highest BCUT2D eigenvalue weighted by Gasteiger charge is 2.33. The van der Waals surface area contributed by atoms with Gasteiger partial charge in [-0.25, -0.2) is 0 Å². The molecule has 1 unspecified atom stereocenters. The molecule has 0 saturated heterocycles. The van der Waals surface area contributed by atoms with E-state index in [1.54, 1.807) is 6.07 Å². The van der Waals surface area contributed by atoms with Crippen molar-refractivity contribution in [3.05, 3.63) is 51.2 Å². The molecule has 0 spiro atoms. The summed E-state index contributed by atoms with van der Waals surface area (Å²) in [6.07, 6.45) is -4.15. The average molecular weight is 387 g/mol. The lowest BCUT2D eigenvalue weighted by Crippen LogP contribution is -2.31. The number of nitrogens with one attached hydrogen (secondary N) is 1. The van der Waals surface area contributed by atoms with Gasteiger partial charge in [0.05, 0.1) is 30.7 Å². The first-order chi connectivity index (χ1) is 12.4. The summed E-state index contributed by atoms with van der Waals surface area (Å²) in [4.78, 5) is 14.0. The summed E-state index contributed by atoms with van der Waals surface area (Å²) >= 11 is 1.32. The number of aliphatic hydroxyl groups is 1. The van der Waals surface area contributed by atoms with Gasteiger partial charge in [0.15, 0.2) is 0 Å². The largest absolute Gasteiger partial charge is 0.573 e. The Balaban J connectivity index is 1.79. The van der Waals surface area contributed by atoms with E-state index in [1.807, 2.05) is 0 Å². The zero-order chi connectivity index (χ0) is 18.7. The van der Waals surface area contributed by atoms with Crippen LogP contribution in [0.3, 0.4) is 0 Å². The summed E-state index contributed by atoms with van der Waals surface area (Å²) in [5.41, 5.74) is 0.984. The number of ether oxygens (including phenoxy) is 2. The molecule has 2 N–H and O–H groups in total. The van der Waals surface area contributed by atoms with Crippen molar-refractivity contribution in [2.24, 2.45) is 0 Å². The smallest absolute Gasteiger partial charge is 0.405 e. The van der Waals surface area contributed by atoms with Crippen molar-refractivity contribution in [2.75, 3.05) is 13.2 Å². The van der Waals surface area contributed by atoms with E-state index in [1.165, 1.54) is 29.5 Å². The molecule has 9 heteroatoms. The fourth-order valence-electron chi connectivity index (χ4n) is 2.70. The number of thiophene rings is 1. The molecule has 2 aromatic rings. The van der Waals surface area contributed by atoms with Crippen LogP contribution in [0.4, 0.5) is 13.2 Å². The number of hydrogen-bond donors (Lipinski definition) is 2. The van der Waals surface area contributed by atoms with Gasteiger partial charge < -0.3 is 19.9 Å². The molecule has 3 rings (SSSR count). The molecule has 0 aliphatic carbocycles. The van der Waals surface area contributed by atoms with Crippen molar-refractivity contribution < 1.29 is 32.5 Å². The Morgan fingerprint density at radius 3 is 2.85 bits per heavy atom. The molecule has 1 atom stereocenters. The van der Waals surface area contributed by atoms with Gasteiger partial charge in [-0.2, -0.15) is 0 Å². The number of fused-ring (bicyclic) bond motifs is 1. The third-order valence-corrected chi connectivity index (χ3v) is 5.10. The number of aliphatic hydroxyl groups excluding tert-OH is 1. The van der Waals surface area contributed by atoms with Gasteiger partial charge in [0.1, 0.15) is 5.75 Å². The summed E-state index contributed by atoms with van der Waals surface area (Å²) in [5.74, 6) is -0.927. The van der Waals surface area contributed by atoms with E-state index in [0.29, 0.717) is 18.1 Å². The van der Waals surface area contributed by atoms with E-state index in [0.717, 1.165) is 22.9 Å². The minimum absolute atomic E-state index is 0.0466. The van der Waals surface area contributed by atoms with Gasteiger partial charge >= 0.3 is 6.36 Å². The fourth-order valence-corrected chi connectivity index (χ4v) is 3.75. The second-order valence-electron chi connectivity index (χ2n) is 5.66. The van der Waals surface area contributed by atoms with E-state index in [4.69, 9.17) is 4.74 Å². The molecule has 1 aromatic carbocycles. The lowest BCUT2D eigenvalue weighted by atomic mass is 10.1. The molecule has 0 saturated carbocycles. The zero-order valence-electron chi connectivity index (χ0n) is 13.5. The van der Waals surface area contributed by atoms with Crippen LogP contribution in [0, 0.1) is 0 Å². The highest BCUT2D eigenvalue weighted by Crippen LogP contribution is 2.31. The van der Waals surface area contributed by atoms with Crippen LogP contribution in [0.1, 0.15) is 31.7 Å². The summed E-state index contributed by atoms with van der Waals surface area (Å²) < 4.78 is 47.0. The fraction of sp³-hybridized carbons (Fsp3) is 0.353. The molecule has 140 valence electrons. The predicted molar refractivity (Wildman–Crippen MR) is 88.1 cm³/mol. The second kappa shape index (κ2) is 7.65. The van der Waals surface area contributed by atoms with Crippen LogP contribution in [0.2, 0.25) is 0 Å². The van der Waals surface area contributed by atoms with Gasteiger partial charge in [-0.1, -0.05) is 18.2 Å². The van der Waals surface area contributed by atoms with Crippen LogP contribution >= 0.6 is 11.3 Å². The number of carbonyl (C=O) groups is 1. The van der Waals surface area contributed by atoms with Gasteiger partial charge in [0.25, 0.3) is 5.91 Å².